The lowest BCUT2D eigenvalue weighted by Crippen LogP contribution is -1.74. The molecule has 0 saturated carbocycles. The van der Waals surface area contributed by atoms with E-state index in [1.54, 1.807) is 6.26 Å². The minimum atomic E-state index is 0.972. The molecule has 0 saturated heterocycles. The maximum Gasteiger partial charge on any atom is 0.137 e. The van der Waals surface area contributed by atoms with Gasteiger partial charge in [0.15, 0.2) is 0 Å². The molecular weight excluding hydrogens is 204 g/mol. The molecule has 11 heavy (non-hydrogen) atoms. The molecule has 56 valence electrons. The highest BCUT2D eigenvalue weighted by Gasteiger charge is 2.02. The molecule has 1 aromatic heterocycles. The van der Waals surface area contributed by atoms with Crippen molar-refractivity contribution in [1.29, 1.82) is 0 Å². The molecule has 0 atom stereocenters. The molecule has 0 amide bonds. The average molecular weight is 211 g/mol. The van der Waals surface area contributed by atoms with Gasteiger partial charge in [-0.05, 0) is 25.1 Å². The van der Waals surface area contributed by atoms with Crippen molar-refractivity contribution in [2.24, 2.45) is 0 Å². The van der Waals surface area contributed by atoms with E-state index in [1.807, 2.05) is 25.1 Å². The molecule has 0 bridgehead atoms. The van der Waals surface area contributed by atoms with Gasteiger partial charge in [0.1, 0.15) is 5.58 Å². The van der Waals surface area contributed by atoms with Crippen LogP contribution in [0.3, 0.4) is 0 Å². The molecule has 1 heterocycles. The maximum absolute atomic E-state index is 5.30. The van der Waals surface area contributed by atoms with E-state index in [1.165, 1.54) is 0 Å². The van der Waals surface area contributed by atoms with Crippen molar-refractivity contribution in [3.63, 3.8) is 0 Å². The molecule has 0 spiro atoms. The average Bonchev–Trinajstić information content (AvgIpc) is 2.45. The Kier molecular flexibility index (Phi) is 1.50. The Balaban J connectivity index is 2.93. The van der Waals surface area contributed by atoms with E-state index in [0.717, 1.165) is 21.0 Å². The van der Waals surface area contributed by atoms with Gasteiger partial charge >= 0.3 is 0 Å². The third-order valence-corrected chi connectivity index (χ3v) is 2.66. The SMILES string of the molecule is Cc1c(Br)ccc2ccoc12. The van der Waals surface area contributed by atoms with Crippen LogP contribution in [0.5, 0.6) is 0 Å². The lowest BCUT2D eigenvalue weighted by molar-refractivity contribution is 0.613. The third kappa shape index (κ3) is 0.979. The van der Waals surface area contributed by atoms with E-state index in [4.69, 9.17) is 4.42 Å². The van der Waals surface area contributed by atoms with Crippen LogP contribution in [0.1, 0.15) is 5.56 Å². The van der Waals surface area contributed by atoms with Crippen molar-refractivity contribution in [1.82, 2.24) is 0 Å². The lowest BCUT2D eigenvalue weighted by Gasteiger charge is -1.96. The second-order valence-electron chi connectivity index (χ2n) is 2.51. The number of hydrogen-bond acceptors (Lipinski definition) is 1. The monoisotopic (exact) mass is 210 g/mol. The summed E-state index contributed by atoms with van der Waals surface area (Å²) < 4.78 is 6.40. The van der Waals surface area contributed by atoms with Gasteiger partial charge in [-0.2, -0.15) is 0 Å². The molecule has 0 radical (unpaired) electrons. The Morgan fingerprint density at radius 3 is 2.91 bits per heavy atom. The molecule has 0 aliphatic carbocycles. The largest absolute Gasteiger partial charge is 0.464 e. The highest BCUT2D eigenvalue weighted by Crippen LogP contribution is 2.25. The molecule has 2 aromatic rings. The molecule has 2 rings (SSSR count). The molecule has 2 heteroatoms. The summed E-state index contributed by atoms with van der Waals surface area (Å²) in [5, 5.41) is 1.16. The van der Waals surface area contributed by atoms with Crippen LogP contribution in [0.25, 0.3) is 11.0 Å². The predicted octanol–water partition coefficient (Wildman–Crippen LogP) is 3.50. The number of furan rings is 1. The first kappa shape index (κ1) is 6.92. The van der Waals surface area contributed by atoms with Gasteiger partial charge in [-0.1, -0.05) is 15.9 Å². The van der Waals surface area contributed by atoms with Crippen LogP contribution < -0.4 is 0 Å². The first-order valence-corrected chi connectivity index (χ1v) is 4.20. The van der Waals surface area contributed by atoms with Gasteiger partial charge in [0.2, 0.25) is 0 Å². The smallest absolute Gasteiger partial charge is 0.137 e. The molecule has 0 aliphatic heterocycles. The Morgan fingerprint density at radius 2 is 2.09 bits per heavy atom. The van der Waals surface area contributed by atoms with Gasteiger partial charge in [-0.25, -0.2) is 0 Å². The van der Waals surface area contributed by atoms with Gasteiger partial charge in [0.25, 0.3) is 0 Å². The van der Waals surface area contributed by atoms with Crippen molar-refractivity contribution >= 4 is 26.9 Å². The van der Waals surface area contributed by atoms with Gasteiger partial charge in [-0.15, -0.1) is 0 Å². The quantitative estimate of drug-likeness (QED) is 0.649. The van der Waals surface area contributed by atoms with Crippen molar-refractivity contribution in [3.8, 4) is 0 Å². The van der Waals surface area contributed by atoms with E-state index in [-0.39, 0.29) is 0 Å². The van der Waals surface area contributed by atoms with Crippen molar-refractivity contribution < 1.29 is 4.42 Å². The summed E-state index contributed by atoms with van der Waals surface area (Å²) >= 11 is 3.44. The van der Waals surface area contributed by atoms with Crippen LogP contribution in [-0.4, -0.2) is 0 Å². The molecular formula is C9H7BrO. The summed E-state index contributed by atoms with van der Waals surface area (Å²) in [6, 6.07) is 6.04. The van der Waals surface area contributed by atoms with Crippen LogP contribution in [0, 0.1) is 6.92 Å². The van der Waals surface area contributed by atoms with E-state index in [2.05, 4.69) is 15.9 Å². The number of fused-ring (bicyclic) bond motifs is 1. The van der Waals surface area contributed by atoms with Gasteiger partial charge in [0.05, 0.1) is 6.26 Å². The molecule has 0 aliphatic rings. The minimum absolute atomic E-state index is 0.972. The fraction of sp³-hybridized carbons (Fsp3) is 0.111. The van der Waals surface area contributed by atoms with Crippen LogP contribution in [0.2, 0.25) is 0 Å². The number of rotatable bonds is 0. The van der Waals surface area contributed by atoms with Crippen LogP contribution >= 0.6 is 15.9 Å². The number of aryl methyl sites for hydroxylation is 1. The summed E-state index contributed by atoms with van der Waals surface area (Å²) in [5.74, 6) is 0. The zero-order valence-electron chi connectivity index (χ0n) is 6.10. The first-order valence-electron chi connectivity index (χ1n) is 3.41. The molecule has 0 unspecified atom stereocenters. The number of benzene rings is 1. The highest BCUT2D eigenvalue weighted by molar-refractivity contribution is 9.10. The Morgan fingerprint density at radius 1 is 1.27 bits per heavy atom. The second kappa shape index (κ2) is 2.38. The Bertz CT molecular complexity index is 389. The van der Waals surface area contributed by atoms with Crippen LogP contribution in [0.15, 0.2) is 33.4 Å². The summed E-state index contributed by atoms with van der Waals surface area (Å²) in [6.45, 7) is 2.04. The maximum atomic E-state index is 5.30. The molecule has 1 aromatic carbocycles. The second-order valence-corrected chi connectivity index (χ2v) is 3.37. The lowest BCUT2D eigenvalue weighted by atomic mass is 10.2. The molecule has 0 fully saturated rings. The van der Waals surface area contributed by atoms with E-state index in [0.29, 0.717) is 0 Å². The first-order chi connectivity index (χ1) is 5.29. The predicted molar refractivity (Wildman–Crippen MR) is 48.7 cm³/mol. The number of hydrogen-bond donors (Lipinski definition) is 0. The molecule has 0 N–H and O–H groups in total. The zero-order valence-corrected chi connectivity index (χ0v) is 7.68. The minimum Gasteiger partial charge on any atom is -0.464 e. The molecule has 1 nitrogen and oxygen atoms in total. The van der Waals surface area contributed by atoms with Gasteiger partial charge < -0.3 is 4.42 Å². The van der Waals surface area contributed by atoms with Gasteiger partial charge in [-0.3, -0.25) is 0 Å². The normalized spacial score (nSPS) is 10.7. The van der Waals surface area contributed by atoms with Gasteiger partial charge in [0, 0.05) is 15.4 Å². The fourth-order valence-corrected chi connectivity index (χ4v) is 1.46. The third-order valence-electron chi connectivity index (χ3n) is 1.80. The summed E-state index contributed by atoms with van der Waals surface area (Å²) in [4.78, 5) is 0. The van der Waals surface area contributed by atoms with Crippen LogP contribution in [-0.2, 0) is 0 Å². The van der Waals surface area contributed by atoms with Crippen molar-refractivity contribution in [2.45, 2.75) is 6.92 Å². The fourth-order valence-electron chi connectivity index (χ4n) is 1.15. The van der Waals surface area contributed by atoms with Crippen molar-refractivity contribution in [3.05, 3.63) is 34.5 Å². The summed E-state index contributed by atoms with van der Waals surface area (Å²) in [5.41, 5.74) is 2.13. The number of halogens is 1. The summed E-state index contributed by atoms with van der Waals surface area (Å²) in [6.07, 6.45) is 1.71. The Labute approximate surface area is 73.1 Å². The Hall–Kier alpha value is -0.760. The van der Waals surface area contributed by atoms with E-state index in [9.17, 15) is 0 Å². The standard InChI is InChI=1S/C9H7BrO/c1-6-8(10)3-2-7-4-5-11-9(6)7/h2-5H,1H3. The zero-order chi connectivity index (χ0) is 7.84. The summed E-state index contributed by atoms with van der Waals surface area (Å²) in [7, 11) is 0. The van der Waals surface area contributed by atoms with E-state index >= 15 is 0 Å². The highest BCUT2D eigenvalue weighted by atomic mass is 79.9. The topological polar surface area (TPSA) is 13.1 Å². The van der Waals surface area contributed by atoms with Crippen molar-refractivity contribution in [2.75, 3.05) is 0 Å². The van der Waals surface area contributed by atoms with E-state index < -0.39 is 0 Å². The van der Waals surface area contributed by atoms with Crippen LogP contribution in [0.4, 0.5) is 0 Å².